The Balaban J connectivity index is 2.61. The second-order valence-electron chi connectivity index (χ2n) is 11.0. The van der Waals surface area contributed by atoms with E-state index in [0.717, 1.165) is 10.9 Å². The van der Waals surface area contributed by atoms with Gasteiger partial charge in [-0.3, -0.25) is 0 Å². The Morgan fingerprint density at radius 3 is 2.18 bits per heavy atom. The summed E-state index contributed by atoms with van der Waals surface area (Å²) in [4.78, 5) is 15.3. The molecule has 0 fully saturated rings. The van der Waals surface area contributed by atoms with E-state index in [9.17, 15) is 4.79 Å². The van der Waals surface area contributed by atoms with Crippen LogP contribution in [0, 0.1) is 0 Å². The van der Waals surface area contributed by atoms with Gasteiger partial charge >= 0.3 is 6.09 Å². The molecule has 0 spiro atoms. The molecule has 182 valence electrons. The molecule has 0 unspecified atom stereocenters. The van der Waals surface area contributed by atoms with Crippen LogP contribution in [0.3, 0.4) is 0 Å². The van der Waals surface area contributed by atoms with Crippen molar-refractivity contribution < 1.29 is 9.53 Å². The largest absolute Gasteiger partial charge is 0.444 e. The molecule has 2 rings (SSSR count). The number of nitrogens with zero attached hydrogens (tertiary/aromatic N) is 4. The van der Waals surface area contributed by atoms with Gasteiger partial charge in [0.1, 0.15) is 5.60 Å². The van der Waals surface area contributed by atoms with Crippen molar-refractivity contribution in [3.05, 3.63) is 40.4 Å². The number of azide groups is 1. The third-order valence-corrected chi connectivity index (χ3v) is 13.3. The zero-order chi connectivity index (χ0) is 25.1. The summed E-state index contributed by atoms with van der Waals surface area (Å²) in [6, 6.07) is 5.83. The van der Waals surface area contributed by atoms with Crippen LogP contribution in [0.5, 0.6) is 0 Å². The summed E-state index contributed by atoms with van der Waals surface area (Å²) in [5.41, 5.74) is 12.9. The average Bonchev–Trinajstić information content (AvgIpc) is 2.97. The molecule has 1 amide bonds. The van der Waals surface area contributed by atoms with Gasteiger partial charge in [-0.15, -0.1) is 0 Å². The highest BCUT2D eigenvalue weighted by atomic mass is 28.3. The van der Waals surface area contributed by atoms with Crippen molar-refractivity contribution in [1.29, 1.82) is 0 Å². The van der Waals surface area contributed by atoms with Crippen LogP contribution in [0.1, 0.15) is 74.8 Å². The first kappa shape index (κ1) is 26.8. The minimum atomic E-state index is -2.04. The molecule has 0 bridgehead atoms. The normalized spacial score (nSPS) is 13.5. The molecule has 0 saturated carbocycles. The SMILES string of the molecule is CC(C)[Si](C(C)C)(C(C)C)n1cc(C[C@@H](C)NC(=O)OC(C)(C)C)c2ccc(N=[N+]=[N-])cc21. The van der Waals surface area contributed by atoms with E-state index in [0.29, 0.717) is 28.7 Å². The van der Waals surface area contributed by atoms with Crippen molar-refractivity contribution in [3.63, 3.8) is 0 Å². The van der Waals surface area contributed by atoms with Crippen molar-refractivity contribution in [2.45, 2.75) is 104 Å². The lowest BCUT2D eigenvalue weighted by Crippen LogP contribution is -2.51. The van der Waals surface area contributed by atoms with Gasteiger partial charge in [0.25, 0.3) is 0 Å². The maximum atomic E-state index is 12.3. The van der Waals surface area contributed by atoms with Gasteiger partial charge in [0, 0.05) is 27.5 Å². The fourth-order valence-corrected chi connectivity index (χ4v) is 12.3. The van der Waals surface area contributed by atoms with E-state index < -0.39 is 19.9 Å². The van der Waals surface area contributed by atoms with E-state index in [2.05, 4.69) is 67.3 Å². The molecule has 8 heteroatoms. The standard InChI is InChI=1S/C25H41N5O2Si/c1-16(2)33(17(3)4,18(5)6)30-15-20(13-19(7)27-24(31)32-25(8,9)10)22-12-11-21(28-29-26)14-23(22)30/h11-12,14-19H,13H2,1-10H3,(H,27,31)/t19-/m1/s1. The number of nitrogens with one attached hydrogen (secondary N) is 1. The molecule has 1 N–H and O–H groups in total. The number of alkyl carbamates (subject to hydrolysis) is 1. The van der Waals surface area contributed by atoms with Gasteiger partial charge in [-0.05, 0) is 74.1 Å². The van der Waals surface area contributed by atoms with Crippen molar-refractivity contribution in [1.82, 2.24) is 9.55 Å². The first-order chi connectivity index (χ1) is 15.2. The van der Waals surface area contributed by atoms with Gasteiger partial charge in [-0.2, -0.15) is 0 Å². The molecule has 2 aromatic rings. The van der Waals surface area contributed by atoms with Crippen molar-refractivity contribution in [2.75, 3.05) is 0 Å². The topological polar surface area (TPSA) is 92.0 Å². The summed E-state index contributed by atoms with van der Waals surface area (Å²) in [6.07, 6.45) is 2.58. The number of hydrogen-bond acceptors (Lipinski definition) is 3. The zero-order valence-electron chi connectivity index (χ0n) is 21.9. The highest BCUT2D eigenvalue weighted by molar-refractivity contribution is 6.82. The van der Waals surface area contributed by atoms with Gasteiger partial charge in [0.05, 0.1) is 0 Å². The van der Waals surface area contributed by atoms with E-state index in [1.165, 1.54) is 5.56 Å². The third-order valence-electron chi connectivity index (χ3n) is 6.51. The van der Waals surface area contributed by atoms with E-state index >= 15 is 0 Å². The van der Waals surface area contributed by atoms with Gasteiger partial charge in [0.2, 0.25) is 0 Å². The number of benzene rings is 1. The highest BCUT2D eigenvalue weighted by Gasteiger charge is 2.46. The Hall–Kier alpha value is -2.44. The number of rotatable bonds is 8. The second kappa shape index (κ2) is 10.2. The van der Waals surface area contributed by atoms with Crippen LogP contribution in [0.2, 0.25) is 16.6 Å². The van der Waals surface area contributed by atoms with Gasteiger partial charge < -0.3 is 14.3 Å². The van der Waals surface area contributed by atoms with Gasteiger partial charge in [0.15, 0.2) is 8.24 Å². The Morgan fingerprint density at radius 1 is 1.12 bits per heavy atom. The molecular weight excluding hydrogens is 430 g/mol. The van der Waals surface area contributed by atoms with Crippen LogP contribution in [0.25, 0.3) is 21.3 Å². The zero-order valence-corrected chi connectivity index (χ0v) is 22.9. The number of hydrogen-bond donors (Lipinski definition) is 1. The summed E-state index contributed by atoms with van der Waals surface area (Å²) in [5.74, 6) is 0. The van der Waals surface area contributed by atoms with Gasteiger partial charge in [-0.1, -0.05) is 58.8 Å². The minimum Gasteiger partial charge on any atom is -0.444 e. The minimum absolute atomic E-state index is 0.0936. The molecule has 33 heavy (non-hydrogen) atoms. The molecule has 0 saturated heterocycles. The van der Waals surface area contributed by atoms with Crippen LogP contribution < -0.4 is 5.32 Å². The lowest BCUT2D eigenvalue weighted by atomic mass is 10.1. The summed E-state index contributed by atoms with van der Waals surface area (Å²) < 4.78 is 7.97. The van der Waals surface area contributed by atoms with Crippen LogP contribution in [-0.2, 0) is 11.2 Å². The second-order valence-corrected chi connectivity index (χ2v) is 16.7. The highest BCUT2D eigenvalue weighted by Crippen LogP contribution is 2.45. The summed E-state index contributed by atoms with van der Waals surface area (Å²) in [5, 5.41) is 7.98. The number of carbonyl (C=O) groups is 1. The summed E-state index contributed by atoms with van der Waals surface area (Å²) in [7, 11) is -2.04. The Kier molecular flexibility index (Phi) is 8.30. The smallest absolute Gasteiger partial charge is 0.407 e. The van der Waals surface area contributed by atoms with E-state index in [4.69, 9.17) is 10.3 Å². The fraction of sp³-hybridized carbons (Fsp3) is 0.640. The Labute approximate surface area is 199 Å². The quantitative estimate of drug-likeness (QED) is 0.182. The first-order valence-electron chi connectivity index (χ1n) is 11.9. The Morgan fingerprint density at radius 2 is 1.70 bits per heavy atom. The number of aromatic nitrogens is 1. The monoisotopic (exact) mass is 471 g/mol. The molecule has 1 heterocycles. The first-order valence-corrected chi connectivity index (χ1v) is 14.1. The predicted octanol–water partition coefficient (Wildman–Crippen LogP) is 8.06. The molecule has 1 aromatic heterocycles. The molecule has 0 aliphatic rings. The average molecular weight is 472 g/mol. The maximum absolute atomic E-state index is 12.3. The number of carbonyl (C=O) groups excluding carboxylic acids is 1. The third kappa shape index (κ3) is 5.74. The lowest BCUT2D eigenvalue weighted by molar-refractivity contribution is 0.0508. The number of amides is 1. The van der Waals surface area contributed by atoms with Crippen molar-refractivity contribution >= 4 is 30.9 Å². The fourth-order valence-electron chi connectivity index (χ4n) is 5.61. The van der Waals surface area contributed by atoms with Crippen LogP contribution >= 0.6 is 0 Å². The van der Waals surface area contributed by atoms with E-state index in [-0.39, 0.29) is 6.04 Å². The van der Waals surface area contributed by atoms with Crippen LogP contribution in [-0.4, -0.2) is 30.2 Å². The molecule has 0 aliphatic carbocycles. The number of fused-ring (bicyclic) bond motifs is 1. The van der Waals surface area contributed by atoms with Crippen LogP contribution in [0.4, 0.5) is 10.5 Å². The molecule has 1 atom stereocenters. The lowest BCUT2D eigenvalue weighted by Gasteiger charge is -2.44. The van der Waals surface area contributed by atoms with E-state index in [1.807, 2.05) is 45.9 Å². The molecule has 7 nitrogen and oxygen atoms in total. The van der Waals surface area contributed by atoms with Crippen molar-refractivity contribution in [3.8, 4) is 0 Å². The summed E-state index contributed by atoms with van der Waals surface area (Å²) >= 11 is 0. The van der Waals surface area contributed by atoms with Gasteiger partial charge in [-0.25, -0.2) is 4.79 Å². The molecular formula is C25H41N5O2Si. The number of ether oxygens (including phenoxy) is 1. The maximum Gasteiger partial charge on any atom is 0.407 e. The molecule has 1 aromatic carbocycles. The molecule has 0 aliphatic heterocycles. The predicted molar refractivity (Wildman–Crippen MR) is 140 cm³/mol. The molecule has 0 radical (unpaired) electrons. The van der Waals surface area contributed by atoms with Crippen molar-refractivity contribution in [2.24, 2.45) is 5.11 Å². The van der Waals surface area contributed by atoms with E-state index in [1.54, 1.807) is 0 Å². The summed E-state index contributed by atoms with van der Waals surface area (Å²) in [6.45, 7) is 21.6. The van der Waals surface area contributed by atoms with Crippen LogP contribution in [0.15, 0.2) is 29.5 Å². The Bertz CT molecular complexity index is 1010.